The maximum Gasteiger partial charge on any atom is 0.328 e. The minimum absolute atomic E-state index is 0.0601. The molecule has 3 rings (SSSR count). The number of hydrogen-bond acceptors (Lipinski definition) is 9. The molecule has 0 fully saturated rings. The van der Waals surface area contributed by atoms with E-state index < -0.39 is 42.9 Å². The topological polar surface area (TPSA) is 122 Å². The van der Waals surface area contributed by atoms with E-state index in [4.69, 9.17) is 46.9 Å². The largest absolute Gasteiger partial charge is 0.493 e. The van der Waals surface area contributed by atoms with Crippen molar-refractivity contribution in [2.75, 3.05) is 13.9 Å². The van der Waals surface area contributed by atoms with Crippen LogP contribution in [0.25, 0.3) is 0 Å². The first-order chi connectivity index (χ1) is 19.1. The molecule has 0 radical (unpaired) electrons. The number of hydrogen-bond donors (Lipinski definition) is 1. The van der Waals surface area contributed by atoms with E-state index in [1.165, 1.54) is 33.2 Å². The molecule has 0 saturated carbocycles. The number of carbonyl (C=O) groups excluding carboxylic acids is 3. The van der Waals surface area contributed by atoms with Crippen LogP contribution in [0.5, 0.6) is 17.2 Å². The highest BCUT2D eigenvalue weighted by molar-refractivity contribution is 6.35. The lowest BCUT2D eigenvalue weighted by Crippen LogP contribution is -2.42. The second kappa shape index (κ2) is 14.4. The first kappa shape index (κ1) is 30.5. The van der Waals surface area contributed by atoms with Gasteiger partial charge in [0.2, 0.25) is 6.79 Å². The molecule has 12 heteroatoms. The van der Waals surface area contributed by atoms with Gasteiger partial charge in [0.25, 0.3) is 5.91 Å². The zero-order valence-electron chi connectivity index (χ0n) is 22.2. The Labute approximate surface area is 241 Å². The van der Waals surface area contributed by atoms with Crippen molar-refractivity contribution in [1.82, 2.24) is 10.3 Å². The zero-order valence-corrected chi connectivity index (χ0v) is 23.7. The van der Waals surface area contributed by atoms with Crippen LogP contribution in [0, 0.1) is 0 Å². The molecule has 0 aliphatic carbocycles. The van der Waals surface area contributed by atoms with Gasteiger partial charge in [0, 0.05) is 24.2 Å². The van der Waals surface area contributed by atoms with Crippen LogP contribution in [0.1, 0.15) is 42.9 Å². The zero-order chi connectivity index (χ0) is 29.2. The summed E-state index contributed by atoms with van der Waals surface area (Å²) >= 11 is 12.3. The molecule has 0 aliphatic rings. The number of carbonyl (C=O) groups is 3. The minimum Gasteiger partial charge on any atom is -0.493 e. The minimum atomic E-state index is -1.08. The summed E-state index contributed by atoms with van der Waals surface area (Å²) in [6.07, 6.45) is -0.187. The van der Waals surface area contributed by atoms with Crippen molar-refractivity contribution in [3.8, 4) is 17.2 Å². The maximum atomic E-state index is 13.0. The summed E-state index contributed by atoms with van der Waals surface area (Å²) in [7, 11) is 1.37. The molecule has 0 spiro atoms. The van der Waals surface area contributed by atoms with Gasteiger partial charge in [-0.05, 0) is 37.6 Å². The number of nitrogens with one attached hydrogen (secondary N) is 1. The lowest BCUT2D eigenvalue weighted by atomic mass is 10.0. The summed E-state index contributed by atoms with van der Waals surface area (Å²) in [6.45, 7) is 3.87. The van der Waals surface area contributed by atoms with E-state index in [0.29, 0.717) is 15.8 Å². The average Bonchev–Trinajstić information content (AvgIpc) is 2.92. The van der Waals surface area contributed by atoms with Gasteiger partial charge >= 0.3 is 11.9 Å². The summed E-state index contributed by atoms with van der Waals surface area (Å²) < 4.78 is 27.2. The molecule has 1 heterocycles. The highest BCUT2D eigenvalue weighted by Gasteiger charge is 2.29. The predicted molar refractivity (Wildman–Crippen MR) is 147 cm³/mol. The number of nitrogens with zero attached hydrogens (tertiary/aromatic N) is 1. The van der Waals surface area contributed by atoms with E-state index in [9.17, 15) is 14.4 Å². The average molecular weight is 591 g/mol. The molecule has 40 heavy (non-hydrogen) atoms. The van der Waals surface area contributed by atoms with E-state index in [2.05, 4.69) is 10.3 Å². The molecule has 0 aliphatic heterocycles. The number of benzene rings is 2. The molecule has 0 saturated heterocycles. The van der Waals surface area contributed by atoms with E-state index >= 15 is 0 Å². The molecule has 2 aromatic carbocycles. The van der Waals surface area contributed by atoms with Crippen molar-refractivity contribution in [2.24, 2.45) is 0 Å². The van der Waals surface area contributed by atoms with Crippen LogP contribution in [0.2, 0.25) is 10.0 Å². The molecule has 3 atom stereocenters. The van der Waals surface area contributed by atoms with Gasteiger partial charge in [0.1, 0.15) is 17.9 Å². The van der Waals surface area contributed by atoms with Gasteiger partial charge in [-0.1, -0.05) is 53.5 Å². The third-order valence-electron chi connectivity index (χ3n) is 5.47. The van der Waals surface area contributed by atoms with Crippen LogP contribution in [-0.4, -0.2) is 48.9 Å². The van der Waals surface area contributed by atoms with Gasteiger partial charge in [0.15, 0.2) is 23.3 Å². The van der Waals surface area contributed by atoms with Crippen LogP contribution < -0.4 is 19.5 Å². The van der Waals surface area contributed by atoms with Gasteiger partial charge in [-0.3, -0.25) is 9.59 Å². The smallest absolute Gasteiger partial charge is 0.328 e. The van der Waals surface area contributed by atoms with Crippen molar-refractivity contribution in [3.05, 3.63) is 82.1 Å². The van der Waals surface area contributed by atoms with Crippen molar-refractivity contribution in [1.29, 1.82) is 0 Å². The summed E-state index contributed by atoms with van der Waals surface area (Å²) in [4.78, 5) is 41.1. The van der Waals surface area contributed by atoms with Crippen LogP contribution in [-0.2, 0) is 19.1 Å². The van der Waals surface area contributed by atoms with Gasteiger partial charge in [-0.15, -0.1) is 0 Å². The van der Waals surface area contributed by atoms with Crippen LogP contribution in [0.3, 0.4) is 0 Å². The molecule has 0 unspecified atom stereocenters. The number of rotatable bonds is 12. The van der Waals surface area contributed by atoms with Crippen molar-refractivity contribution in [3.63, 3.8) is 0 Å². The molecule has 3 aromatic rings. The number of pyridine rings is 1. The Balaban J connectivity index is 1.73. The standard InChI is InChI=1S/C28H28Cl2N2O8/c1-16(32-27(34)24-26(38-15-37-18(3)33)23(36-4)12-13-31-24)28(35)39-17(2)25(19-8-6-5-7-9-19)40-22-11-10-20(29)14-21(22)30/h5-14,16-17,25H,15H2,1-4H3,(H,32,34)/t16-,17-,25+/m0/s1. The van der Waals surface area contributed by atoms with Crippen LogP contribution in [0.15, 0.2) is 60.8 Å². The fourth-order valence-corrected chi connectivity index (χ4v) is 3.97. The van der Waals surface area contributed by atoms with E-state index in [-0.39, 0.29) is 17.2 Å². The number of methoxy groups -OCH3 is 1. The number of amides is 1. The summed E-state index contributed by atoms with van der Waals surface area (Å²) in [5, 5.41) is 3.28. The Bertz CT molecular complexity index is 1340. The van der Waals surface area contributed by atoms with Crippen molar-refractivity contribution in [2.45, 2.75) is 39.0 Å². The van der Waals surface area contributed by atoms with Gasteiger partial charge in [-0.2, -0.15) is 0 Å². The Morgan fingerprint density at radius 1 is 1.00 bits per heavy atom. The third kappa shape index (κ3) is 8.24. The third-order valence-corrected chi connectivity index (χ3v) is 6.00. The Hall–Kier alpha value is -4.02. The first-order valence-electron chi connectivity index (χ1n) is 12.1. The second-order valence-corrected chi connectivity index (χ2v) is 9.29. The highest BCUT2D eigenvalue weighted by atomic mass is 35.5. The summed E-state index contributed by atoms with van der Waals surface area (Å²) in [5.74, 6) is -1.56. The van der Waals surface area contributed by atoms with Gasteiger partial charge in [-0.25, -0.2) is 9.78 Å². The Morgan fingerprint density at radius 3 is 2.38 bits per heavy atom. The van der Waals surface area contributed by atoms with Crippen LogP contribution >= 0.6 is 23.2 Å². The fourth-order valence-electron chi connectivity index (χ4n) is 3.52. The predicted octanol–water partition coefficient (Wildman–Crippen LogP) is 5.17. The molecule has 10 nitrogen and oxygen atoms in total. The van der Waals surface area contributed by atoms with Crippen molar-refractivity contribution < 1.29 is 38.1 Å². The number of aromatic nitrogens is 1. The van der Waals surface area contributed by atoms with Gasteiger partial charge in [0.05, 0.1) is 12.1 Å². The fraction of sp³-hybridized carbons (Fsp3) is 0.286. The molecular formula is C28H28Cl2N2O8. The van der Waals surface area contributed by atoms with Crippen molar-refractivity contribution >= 4 is 41.0 Å². The molecule has 0 bridgehead atoms. The summed E-state index contributed by atoms with van der Waals surface area (Å²) in [6, 6.07) is 14.4. The van der Waals surface area contributed by atoms with E-state index in [0.717, 1.165) is 5.56 Å². The van der Waals surface area contributed by atoms with E-state index in [1.54, 1.807) is 25.1 Å². The first-order valence-corrected chi connectivity index (χ1v) is 12.8. The maximum absolute atomic E-state index is 13.0. The molecule has 1 N–H and O–H groups in total. The molecule has 212 valence electrons. The molecule has 1 aromatic heterocycles. The van der Waals surface area contributed by atoms with E-state index in [1.807, 2.05) is 30.3 Å². The number of esters is 2. The Morgan fingerprint density at radius 2 is 1.73 bits per heavy atom. The lowest BCUT2D eigenvalue weighted by molar-refractivity contribution is -0.155. The van der Waals surface area contributed by atoms with Gasteiger partial charge < -0.3 is 29.0 Å². The SMILES string of the molecule is COc1ccnc(C(=O)N[C@@H](C)C(=O)O[C@@H](C)[C@@H](Oc2ccc(Cl)cc2Cl)c2ccccc2)c1OCOC(C)=O. The quantitative estimate of drug-likeness (QED) is 0.225. The monoisotopic (exact) mass is 590 g/mol. The molecule has 1 amide bonds. The summed E-state index contributed by atoms with van der Waals surface area (Å²) in [5.41, 5.74) is 0.558. The lowest BCUT2D eigenvalue weighted by Gasteiger charge is -2.27. The number of ether oxygens (including phenoxy) is 5. The van der Waals surface area contributed by atoms with Crippen LogP contribution in [0.4, 0.5) is 0 Å². The number of halogens is 2. The molecular weight excluding hydrogens is 563 g/mol. The normalized spacial score (nSPS) is 12.8. The highest BCUT2D eigenvalue weighted by Crippen LogP contribution is 2.34. The second-order valence-electron chi connectivity index (χ2n) is 8.45. The Kier molecular flexibility index (Phi) is 11.0.